The van der Waals surface area contributed by atoms with E-state index in [0.29, 0.717) is 18.4 Å². The van der Waals surface area contributed by atoms with Crippen molar-refractivity contribution in [1.29, 1.82) is 0 Å². The first-order chi connectivity index (χ1) is 6.90. The number of benzene rings is 1. The van der Waals surface area contributed by atoms with E-state index in [2.05, 4.69) is 29.6 Å². The van der Waals surface area contributed by atoms with E-state index in [1.807, 2.05) is 6.07 Å². The summed E-state index contributed by atoms with van der Waals surface area (Å²) in [4.78, 5) is 0. The summed E-state index contributed by atoms with van der Waals surface area (Å²) in [5.74, 6) is 0.996. The molecular formula is C12H17NO. The summed E-state index contributed by atoms with van der Waals surface area (Å²) in [6, 6.07) is 10.6. The molecule has 0 radical (unpaired) electrons. The van der Waals surface area contributed by atoms with Gasteiger partial charge in [0.15, 0.2) is 0 Å². The maximum Gasteiger partial charge on any atom is 0.0471 e. The summed E-state index contributed by atoms with van der Waals surface area (Å²) in [5, 5.41) is 12.5. The maximum atomic E-state index is 9.12. The molecule has 14 heavy (non-hydrogen) atoms. The molecule has 0 amide bonds. The minimum absolute atomic E-state index is 0.302. The first-order valence-electron chi connectivity index (χ1n) is 5.26. The lowest BCUT2D eigenvalue weighted by Gasteiger charge is -2.29. The molecule has 2 nitrogen and oxygen atoms in total. The highest BCUT2D eigenvalue weighted by atomic mass is 16.3. The van der Waals surface area contributed by atoms with Crippen LogP contribution in [0.5, 0.6) is 0 Å². The van der Waals surface area contributed by atoms with Gasteiger partial charge in [-0.25, -0.2) is 0 Å². The fourth-order valence-corrected chi connectivity index (χ4v) is 2.15. The second-order valence-corrected chi connectivity index (χ2v) is 4.05. The summed E-state index contributed by atoms with van der Waals surface area (Å²) in [5.41, 5.74) is 1.39. The van der Waals surface area contributed by atoms with Gasteiger partial charge >= 0.3 is 0 Å². The molecule has 0 spiro atoms. The average Bonchev–Trinajstić information content (AvgIpc) is 2.30. The Morgan fingerprint density at radius 1 is 1.21 bits per heavy atom. The number of rotatable bonds is 2. The number of piperidine rings is 1. The van der Waals surface area contributed by atoms with Crippen molar-refractivity contribution in [2.75, 3.05) is 19.7 Å². The molecule has 2 rings (SSSR count). The lowest BCUT2D eigenvalue weighted by Crippen LogP contribution is -2.36. The normalized spacial score (nSPS) is 27.5. The SMILES string of the molecule is OC[C@H]1CNC[C@@H](c2ccccc2)C1. The molecule has 2 N–H and O–H groups in total. The Morgan fingerprint density at radius 2 is 2.00 bits per heavy atom. The molecule has 2 atom stereocenters. The fourth-order valence-electron chi connectivity index (χ4n) is 2.15. The topological polar surface area (TPSA) is 32.3 Å². The monoisotopic (exact) mass is 191 g/mol. The van der Waals surface area contributed by atoms with Crippen molar-refractivity contribution in [3.8, 4) is 0 Å². The van der Waals surface area contributed by atoms with Gasteiger partial charge in [0.05, 0.1) is 0 Å². The Hall–Kier alpha value is -0.860. The van der Waals surface area contributed by atoms with Crippen LogP contribution in [0.15, 0.2) is 30.3 Å². The van der Waals surface area contributed by atoms with E-state index in [1.165, 1.54) is 5.56 Å². The number of hydrogen-bond acceptors (Lipinski definition) is 2. The average molecular weight is 191 g/mol. The predicted molar refractivity (Wildman–Crippen MR) is 57.2 cm³/mol. The summed E-state index contributed by atoms with van der Waals surface area (Å²) in [6.07, 6.45) is 1.10. The quantitative estimate of drug-likeness (QED) is 0.740. The van der Waals surface area contributed by atoms with Crippen LogP contribution in [0.1, 0.15) is 17.9 Å². The highest BCUT2D eigenvalue weighted by Crippen LogP contribution is 2.25. The molecule has 0 unspecified atom stereocenters. The van der Waals surface area contributed by atoms with Gasteiger partial charge < -0.3 is 10.4 Å². The van der Waals surface area contributed by atoms with Gasteiger partial charge in [-0.05, 0) is 23.8 Å². The first kappa shape index (κ1) is 9.69. The molecule has 1 aliphatic rings. The van der Waals surface area contributed by atoms with Crippen molar-refractivity contribution >= 4 is 0 Å². The number of aliphatic hydroxyl groups excluding tert-OH is 1. The van der Waals surface area contributed by atoms with Crippen LogP contribution < -0.4 is 5.32 Å². The molecule has 1 aliphatic heterocycles. The molecule has 76 valence electrons. The number of aliphatic hydroxyl groups is 1. The van der Waals surface area contributed by atoms with Crippen LogP contribution in [-0.4, -0.2) is 24.8 Å². The Kier molecular flexibility index (Phi) is 3.17. The highest BCUT2D eigenvalue weighted by Gasteiger charge is 2.21. The smallest absolute Gasteiger partial charge is 0.0471 e. The van der Waals surface area contributed by atoms with E-state index >= 15 is 0 Å². The van der Waals surface area contributed by atoms with Gasteiger partial charge in [0.1, 0.15) is 0 Å². The minimum atomic E-state index is 0.302. The van der Waals surface area contributed by atoms with Crippen molar-refractivity contribution in [2.24, 2.45) is 5.92 Å². The summed E-state index contributed by atoms with van der Waals surface area (Å²) >= 11 is 0. The van der Waals surface area contributed by atoms with Crippen molar-refractivity contribution in [3.05, 3.63) is 35.9 Å². The Bertz CT molecular complexity index is 273. The molecule has 0 bridgehead atoms. The van der Waals surface area contributed by atoms with Gasteiger partial charge in [-0.15, -0.1) is 0 Å². The predicted octanol–water partition coefficient (Wildman–Crippen LogP) is 1.37. The zero-order valence-electron chi connectivity index (χ0n) is 8.32. The zero-order valence-corrected chi connectivity index (χ0v) is 8.32. The van der Waals surface area contributed by atoms with E-state index in [4.69, 9.17) is 5.11 Å². The van der Waals surface area contributed by atoms with Crippen LogP contribution in [0.2, 0.25) is 0 Å². The Labute approximate surface area is 85.0 Å². The van der Waals surface area contributed by atoms with Crippen molar-refractivity contribution in [3.63, 3.8) is 0 Å². The fraction of sp³-hybridized carbons (Fsp3) is 0.500. The van der Waals surface area contributed by atoms with Crippen LogP contribution in [0.25, 0.3) is 0 Å². The molecule has 0 saturated carbocycles. The second-order valence-electron chi connectivity index (χ2n) is 4.05. The highest BCUT2D eigenvalue weighted by molar-refractivity contribution is 5.20. The summed E-state index contributed by atoms with van der Waals surface area (Å²) < 4.78 is 0. The van der Waals surface area contributed by atoms with Crippen LogP contribution >= 0.6 is 0 Å². The third-order valence-electron chi connectivity index (χ3n) is 2.97. The third-order valence-corrected chi connectivity index (χ3v) is 2.97. The van der Waals surface area contributed by atoms with Crippen molar-refractivity contribution in [2.45, 2.75) is 12.3 Å². The van der Waals surface area contributed by atoms with Crippen LogP contribution in [0.4, 0.5) is 0 Å². The molecule has 1 fully saturated rings. The summed E-state index contributed by atoms with van der Waals surface area (Å²) in [6.45, 7) is 2.30. The Balaban J connectivity index is 2.04. The molecule has 1 saturated heterocycles. The molecule has 0 aromatic heterocycles. The summed E-state index contributed by atoms with van der Waals surface area (Å²) in [7, 11) is 0. The number of nitrogens with one attached hydrogen (secondary N) is 1. The second kappa shape index (κ2) is 4.58. The minimum Gasteiger partial charge on any atom is -0.396 e. The lowest BCUT2D eigenvalue weighted by molar-refractivity contribution is 0.190. The van der Waals surface area contributed by atoms with Crippen LogP contribution in [0, 0.1) is 5.92 Å². The molecule has 1 aromatic carbocycles. The van der Waals surface area contributed by atoms with Gasteiger partial charge in [0.2, 0.25) is 0 Å². The maximum absolute atomic E-state index is 9.12. The van der Waals surface area contributed by atoms with Gasteiger partial charge in [-0.2, -0.15) is 0 Å². The lowest BCUT2D eigenvalue weighted by atomic mass is 9.86. The third kappa shape index (κ3) is 2.14. The van der Waals surface area contributed by atoms with Crippen LogP contribution in [-0.2, 0) is 0 Å². The van der Waals surface area contributed by atoms with Crippen LogP contribution in [0.3, 0.4) is 0 Å². The van der Waals surface area contributed by atoms with E-state index in [-0.39, 0.29) is 0 Å². The largest absolute Gasteiger partial charge is 0.396 e. The Morgan fingerprint density at radius 3 is 2.71 bits per heavy atom. The number of hydrogen-bond donors (Lipinski definition) is 2. The van der Waals surface area contributed by atoms with E-state index in [9.17, 15) is 0 Å². The van der Waals surface area contributed by atoms with Crippen molar-refractivity contribution in [1.82, 2.24) is 5.32 Å². The molecular weight excluding hydrogens is 174 g/mol. The zero-order chi connectivity index (χ0) is 9.80. The molecule has 0 aliphatic carbocycles. The van der Waals surface area contributed by atoms with Gasteiger partial charge in [0, 0.05) is 19.7 Å². The molecule has 1 aromatic rings. The molecule has 2 heteroatoms. The van der Waals surface area contributed by atoms with Gasteiger partial charge in [-0.1, -0.05) is 30.3 Å². The first-order valence-corrected chi connectivity index (χ1v) is 5.26. The van der Waals surface area contributed by atoms with Crippen molar-refractivity contribution < 1.29 is 5.11 Å². The standard InChI is InChI=1S/C12H17NO/c14-9-10-6-12(8-13-7-10)11-4-2-1-3-5-11/h1-5,10,12-14H,6-9H2/t10-,12+/m1/s1. The van der Waals surface area contributed by atoms with Gasteiger partial charge in [0.25, 0.3) is 0 Å². The molecule has 1 heterocycles. The van der Waals surface area contributed by atoms with E-state index in [0.717, 1.165) is 19.5 Å². The van der Waals surface area contributed by atoms with E-state index in [1.54, 1.807) is 0 Å². The van der Waals surface area contributed by atoms with Gasteiger partial charge in [-0.3, -0.25) is 0 Å². The van der Waals surface area contributed by atoms with E-state index < -0.39 is 0 Å².